The molecule has 3 N–H and O–H groups in total. The van der Waals surface area contributed by atoms with E-state index in [9.17, 15) is 18.0 Å². The van der Waals surface area contributed by atoms with E-state index in [0.717, 1.165) is 0 Å². The first-order chi connectivity index (χ1) is 12.9. The van der Waals surface area contributed by atoms with Crippen LogP contribution in [0.2, 0.25) is 0 Å². The van der Waals surface area contributed by atoms with Crippen LogP contribution >= 0.6 is 0 Å². The molecule has 1 heterocycles. The van der Waals surface area contributed by atoms with Gasteiger partial charge in [-0.3, -0.25) is 9.59 Å². The second-order valence-electron chi connectivity index (χ2n) is 5.95. The first-order valence-corrected chi connectivity index (χ1v) is 9.93. The number of carbonyl (C=O) groups is 2. The van der Waals surface area contributed by atoms with Crippen LogP contribution in [0.25, 0.3) is 11.0 Å². The van der Waals surface area contributed by atoms with Crippen LogP contribution in [0.4, 0.5) is 5.69 Å². The van der Waals surface area contributed by atoms with Gasteiger partial charge in [0.05, 0.1) is 10.6 Å². The van der Waals surface area contributed by atoms with E-state index in [4.69, 9.17) is 10.2 Å². The Morgan fingerprint density at radius 1 is 1.00 bits per heavy atom. The van der Waals surface area contributed by atoms with Crippen molar-refractivity contribution in [2.24, 2.45) is 5.73 Å². The minimum absolute atomic E-state index is 0.0240. The van der Waals surface area contributed by atoms with Crippen LogP contribution in [0.1, 0.15) is 23.4 Å². The Morgan fingerprint density at radius 2 is 1.67 bits per heavy atom. The van der Waals surface area contributed by atoms with Gasteiger partial charge in [0.2, 0.25) is 11.7 Å². The van der Waals surface area contributed by atoms with Crippen LogP contribution < -0.4 is 11.1 Å². The smallest absolute Gasteiger partial charge is 0.286 e. The summed E-state index contributed by atoms with van der Waals surface area (Å²) in [5, 5.41) is 3.16. The maximum absolute atomic E-state index is 12.3. The number of anilines is 1. The van der Waals surface area contributed by atoms with E-state index in [0.29, 0.717) is 11.0 Å². The Morgan fingerprint density at radius 3 is 2.37 bits per heavy atom. The number of nitrogens with one attached hydrogen (secondary N) is 1. The molecule has 0 atom stereocenters. The summed E-state index contributed by atoms with van der Waals surface area (Å²) >= 11 is 0. The largest absolute Gasteiger partial charge is 0.449 e. The number of sulfone groups is 1. The number of primary amides is 1. The van der Waals surface area contributed by atoms with Crippen molar-refractivity contribution in [1.82, 2.24) is 0 Å². The highest BCUT2D eigenvalue weighted by atomic mass is 32.2. The summed E-state index contributed by atoms with van der Waals surface area (Å²) in [5.74, 6) is -1.51. The molecule has 0 aliphatic carbocycles. The molecule has 27 heavy (non-hydrogen) atoms. The monoisotopic (exact) mass is 386 g/mol. The van der Waals surface area contributed by atoms with Crippen LogP contribution in [0.5, 0.6) is 0 Å². The lowest BCUT2D eigenvalue weighted by molar-refractivity contribution is -0.116. The highest BCUT2D eigenvalue weighted by Crippen LogP contribution is 2.30. The number of carbonyl (C=O) groups excluding carboxylic acids is 2. The van der Waals surface area contributed by atoms with Crippen molar-refractivity contribution in [3.8, 4) is 0 Å². The molecule has 0 fully saturated rings. The summed E-state index contributed by atoms with van der Waals surface area (Å²) in [6.45, 7) is 0. The van der Waals surface area contributed by atoms with E-state index < -0.39 is 21.7 Å². The van der Waals surface area contributed by atoms with Gasteiger partial charge in [0.15, 0.2) is 9.84 Å². The number of fused-ring (bicyclic) bond motifs is 1. The summed E-state index contributed by atoms with van der Waals surface area (Å²) in [5.41, 5.74) is 5.94. The number of hydrogen-bond acceptors (Lipinski definition) is 5. The first kappa shape index (κ1) is 18.7. The number of benzene rings is 2. The molecule has 0 aliphatic rings. The lowest BCUT2D eigenvalue weighted by Crippen LogP contribution is -2.17. The summed E-state index contributed by atoms with van der Waals surface area (Å²) in [7, 11) is -3.45. The van der Waals surface area contributed by atoms with Crippen molar-refractivity contribution in [3.63, 3.8) is 0 Å². The number of nitrogens with two attached hydrogens (primary N) is 1. The molecular weight excluding hydrogens is 368 g/mol. The van der Waals surface area contributed by atoms with Crippen LogP contribution in [0, 0.1) is 0 Å². The molecule has 0 unspecified atom stereocenters. The predicted octanol–water partition coefficient (Wildman–Crippen LogP) is 2.72. The summed E-state index contributed by atoms with van der Waals surface area (Å²) in [6, 6.07) is 14.9. The average Bonchev–Trinajstić information content (AvgIpc) is 3.01. The fourth-order valence-electron chi connectivity index (χ4n) is 2.71. The zero-order chi connectivity index (χ0) is 19.4. The third-order valence-electron chi connectivity index (χ3n) is 4.00. The minimum Gasteiger partial charge on any atom is -0.449 e. The molecule has 0 saturated carbocycles. The summed E-state index contributed by atoms with van der Waals surface area (Å²) in [4.78, 5) is 24.0. The Labute approximate surface area is 156 Å². The summed E-state index contributed by atoms with van der Waals surface area (Å²) in [6.07, 6.45) is 0.120. The maximum atomic E-state index is 12.3. The van der Waals surface area contributed by atoms with Crippen LogP contribution in [-0.2, 0) is 14.6 Å². The van der Waals surface area contributed by atoms with Gasteiger partial charge in [0.25, 0.3) is 5.91 Å². The fourth-order valence-corrected chi connectivity index (χ4v) is 4.05. The van der Waals surface area contributed by atoms with E-state index >= 15 is 0 Å². The fraction of sp³-hybridized carbons (Fsp3) is 0.158. The number of para-hydroxylation sites is 1. The number of furan rings is 1. The Kier molecular flexibility index (Phi) is 5.27. The number of rotatable bonds is 7. The van der Waals surface area contributed by atoms with Crippen molar-refractivity contribution < 1.29 is 22.4 Å². The number of hydrogen-bond donors (Lipinski definition) is 2. The second kappa shape index (κ2) is 7.63. The molecule has 0 bridgehead atoms. The molecule has 140 valence electrons. The van der Waals surface area contributed by atoms with E-state index in [1.165, 1.54) is 12.1 Å². The van der Waals surface area contributed by atoms with Gasteiger partial charge < -0.3 is 15.5 Å². The highest BCUT2D eigenvalue weighted by molar-refractivity contribution is 7.91. The minimum atomic E-state index is -3.45. The SMILES string of the molecule is NC(=O)c1oc2ccccc2c1NC(=O)CCCS(=O)(=O)c1ccccc1. The van der Waals surface area contributed by atoms with Crippen molar-refractivity contribution in [2.75, 3.05) is 11.1 Å². The average molecular weight is 386 g/mol. The zero-order valence-corrected chi connectivity index (χ0v) is 15.2. The van der Waals surface area contributed by atoms with E-state index in [-0.39, 0.29) is 34.9 Å². The van der Waals surface area contributed by atoms with E-state index in [1.807, 2.05) is 0 Å². The van der Waals surface area contributed by atoms with Crippen molar-refractivity contribution in [2.45, 2.75) is 17.7 Å². The van der Waals surface area contributed by atoms with Gasteiger partial charge in [-0.15, -0.1) is 0 Å². The molecule has 7 nitrogen and oxygen atoms in total. The van der Waals surface area contributed by atoms with Gasteiger partial charge in [0.1, 0.15) is 11.3 Å². The second-order valence-corrected chi connectivity index (χ2v) is 8.06. The van der Waals surface area contributed by atoms with Crippen molar-refractivity contribution in [3.05, 3.63) is 60.4 Å². The molecule has 2 amide bonds. The lowest BCUT2D eigenvalue weighted by Gasteiger charge is -2.06. The molecule has 3 rings (SSSR count). The van der Waals surface area contributed by atoms with Crippen molar-refractivity contribution >= 4 is 38.3 Å². The van der Waals surface area contributed by atoms with E-state index in [2.05, 4.69) is 5.32 Å². The molecule has 0 saturated heterocycles. The Bertz CT molecular complexity index is 1090. The zero-order valence-electron chi connectivity index (χ0n) is 14.3. The lowest BCUT2D eigenvalue weighted by atomic mass is 10.2. The molecule has 1 aromatic heterocycles. The molecule has 0 spiro atoms. The van der Waals surface area contributed by atoms with Crippen molar-refractivity contribution in [1.29, 1.82) is 0 Å². The molecule has 0 radical (unpaired) electrons. The van der Waals surface area contributed by atoms with Gasteiger partial charge >= 0.3 is 0 Å². The quantitative estimate of drug-likeness (QED) is 0.647. The Balaban J connectivity index is 1.68. The molecule has 0 aliphatic heterocycles. The standard InChI is InChI=1S/C19H18N2O5S/c20-19(23)18-17(14-9-4-5-10-15(14)26-18)21-16(22)11-6-12-27(24,25)13-7-2-1-3-8-13/h1-5,7-10H,6,11-12H2,(H2,20,23)(H,21,22). The van der Waals surface area contributed by atoms with E-state index in [1.54, 1.807) is 42.5 Å². The molecule has 2 aromatic carbocycles. The third kappa shape index (κ3) is 4.17. The maximum Gasteiger partial charge on any atom is 0.286 e. The number of amides is 2. The van der Waals surface area contributed by atoms with Gasteiger partial charge in [-0.05, 0) is 30.7 Å². The molecule has 3 aromatic rings. The summed E-state index contributed by atoms with van der Waals surface area (Å²) < 4.78 is 29.9. The third-order valence-corrected chi connectivity index (χ3v) is 5.82. The first-order valence-electron chi connectivity index (χ1n) is 8.27. The van der Waals surface area contributed by atoms with Crippen LogP contribution in [0.3, 0.4) is 0 Å². The normalized spacial score (nSPS) is 11.4. The van der Waals surface area contributed by atoms with Gasteiger partial charge in [-0.2, -0.15) is 0 Å². The molecule has 8 heteroatoms. The predicted molar refractivity (Wildman–Crippen MR) is 101 cm³/mol. The van der Waals surface area contributed by atoms with Gasteiger partial charge in [0, 0.05) is 11.8 Å². The van der Waals surface area contributed by atoms with Gasteiger partial charge in [-0.1, -0.05) is 30.3 Å². The molecular formula is C19H18N2O5S. The highest BCUT2D eigenvalue weighted by Gasteiger charge is 2.20. The van der Waals surface area contributed by atoms with Gasteiger partial charge in [-0.25, -0.2) is 8.42 Å². The van der Waals surface area contributed by atoms with Crippen LogP contribution in [-0.4, -0.2) is 26.0 Å². The Hall–Kier alpha value is -3.13. The van der Waals surface area contributed by atoms with Crippen LogP contribution in [0.15, 0.2) is 63.9 Å². The topological polar surface area (TPSA) is 119 Å².